The molecule has 0 aromatic carbocycles. The normalized spacial score (nSPS) is 18.6. The molecule has 27 heavy (non-hydrogen) atoms. The van der Waals surface area contributed by atoms with E-state index in [9.17, 15) is 14.4 Å². The van der Waals surface area contributed by atoms with Crippen LogP contribution in [0.2, 0.25) is 0 Å². The summed E-state index contributed by atoms with van der Waals surface area (Å²) in [5.74, 6) is -0.992. The van der Waals surface area contributed by atoms with Gasteiger partial charge in [0.2, 0.25) is 0 Å². The van der Waals surface area contributed by atoms with Crippen molar-refractivity contribution in [2.75, 3.05) is 26.2 Å². The van der Waals surface area contributed by atoms with Crippen molar-refractivity contribution >= 4 is 17.9 Å². The van der Waals surface area contributed by atoms with E-state index in [4.69, 9.17) is 13.7 Å². The molecular weight excluding hydrogens is 358 g/mol. The lowest BCUT2D eigenvalue weighted by Gasteiger charge is -2.37. The van der Waals surface area contributed by atoms with Gasteiger partial charge in [-0.25, -0.2) is 14.8 Å². The molecule has 2 fully saturated rings. The number of hydrogen-bond donors (Lipinski definition) is 0. The molecule has 142 valence electrons. The van der Waals surface area contributed by atoms with E-state index in [-0.39, 0.29) is 18.9 Å². The molecule has 11 heteroatoms. The molecular formula is C16H17N5O6. The van der Waals surface area contributed by atoms with Gasteiger partial charge >= 0.3 is 6.09 Å². The Labute approximate surface area is 153 Å². The highest BCUT2D eigenvalue weighted by Crippen LogP contribution is 2.27. The van der Waals surface area contributed by atoms with Crippen molar-refractivity contribution in [2.45, 2.75) is 18.9 Å². The maximum absolute atomic E-state index is 12.3. The van der Waals surface area contributed by atoms with Crippen LogP contribution in [-0.4, -0.2) is 68.9 Å². The van der Waals surface area contributed by atoms with Crippen molar-refractivity contribution in [3.05, 3.63) is 36.7 Å². The Morgan fingerprint density at radius 1 is 0.963 bits per heavy atom. The number of imide groups is 1. The Hall–Kier alpha value is -3.21. The lowest BCUT2D eigenvalue weighted by atomic mass is 10.1. The third kappa shape index (κ3) is 3.40. The standard InChI is InChI=1S/C16H17N5O6/c22-13-1-2-14(23)21(13)27-16(24)20-5-3-19(4-6-20)15(11-7-25-9-17-11)12-8-26-10-18-12/h7-10,15H,1-6H2. The molecule has 0 aliphatic carbocycles. The third-order valence-corrected chi connectivity index (χ3v) is 4.58. The summed E-state index contributed by atoms with van der Waals surface area (Å²) < 4.78 is 10.2. The number of carbonyl (C=O) groups is 3. The van der Waals surface area contributed by atoms with E-state index >= 15 is 0 Å². The van der Waals surface area contributed by atoms with Gasteiger partial charge in [0.15, 0.2) is 12.8 Å². The number of amides is 3. The zero-order chi connectivity index (χ0) is 18.8. The summed E-state index contributed by atoms with van der Waals surface area (Å²) in [6.45, 7) is 1.76. The monoisotopic (exact) mass is 375 g/mol. The second-order valence-electron chi connectivity index (χ2n) is 6.19. The number of rotatable bonds is 4. The molecule has 2 saturated heterocycles. The number of piperazine rings is 1. The van der Waals surface area contributed by atoms with E-state index in [0.29, 0.717) is 42.6 Å². The maximum atomic E-state index is 12.3. The van der Waals surface area contributed by atoms with E-state index in [0.717, 1.165) is 0 Å². The quantitative estimate of drug-likeness (QED) is 0.706. The van der Waals surface area contributed by atoms with Crippen molar-refractivity contribution in [3.63, 3.8) is 0 Å². The molecule has 0 unspecified atom stereocenters. The molecule has 2 aliphatic heterocycles. The lowest BCUT2D eigenvalue weighted by molar-refractivity contribution is -0.174. The van der Waals surface area contributed by atoms with E-state index in [1.165, 1.54) is 17.7 Å². The van der Waals surface area contributed by atoms with E-state index in [2.05, 4.69) is 14.9 Å². The fraction of sp³-hybridized carbons (Fsp3) is 0.438. The second kappa shape index (κ2) is 7.19. The molecule has 2 aliphatic rings. The molecule has 0 N–H and O–H groups in total. The van der Waals surface area contributed by atoms with E-state index in [1.807, 2.05) is 0 Å². The van der Waals surface area contributed by atoms with Crippen molar-refractivity contribution in [1.29, 1.82) is 0 Å². The number of carbonyl (C=O) groups excluding carboxylic acids is 3. The Morgan fingerprint density at radius 2 is 1.52 bits per heavy atom. The van der Waals surface area contributed by atoms with E-state index < -0.39 is 17.9 Å². The van der Waals surface area contributed by atoms with Crippen LogP contribution in [0.15, 0.2) is 34.1 Å². The minimum atomic E-state index is -0.710. The fourth-order valence-electron chi connectivity index (χ4n) is 3.20. The Balaban J connectivity index is 1.40. The van der Waals surface area contributed by atoms with Gasteiger partial charge in [0, 0.05) is 39.0 Å². The molecule has 4 rings (SSSR count). The lowest BCUT2D eigenvalue weighted by Crippen LogP contribution is -2.51. The van der Waals surface area contributed by atoms with Crippen LogP contribution in [0.3, 0.4) is 0 Å². The number of aromatic nitrogens is 2. The predicted molar refractivity (Wildman–Crippen MR) is 85.6 cm³/mol. The van der Waals surface area contributed by atoms with Crippen molar-refractivity contribution in [2.24, 2.45) is 0 Å². The highest BCUT2D eigenvalue weighted by atomic mass is 16.7. The maximum Gasteiger partial charge on any atom is 0.434 e. The van der Waals surface area contributed by atoms with Gasteiger partial charge in [0.05, 0.1) is 0 Å². The summed E-state index contributed by atoms with van der Waals surface area (Å²) in [5, 5.41) is 0.558. The van der Waals surface area contributed by atoms with Gasteiger partial charge in [-0.2, -0.15) is 0 Å². The molecule has 2 aromatic rings. The van der Waals surface area contributed by atoms with Crippen molar-refractivity contribution < 1.29 is 28.1 Å². The predicted octanol–water partition coefficient (Wildman–Crippen LogP) is 0.570. The second-order valence-corrected chi connectivity index (χ2v) is 6.19. The van der Waals surface area contributed by atoms with Crippen LogP contribution in [0.1, 0.15) is 30.3 Å². The molecule has 0 radical (unpaired) electrons. The van der Waals surface area contributed by atoms with Crippen LogP contribution in [0.4, 0.5) is 4.79 Å². The van der Waals surface area contributed by atoms with Gasteiger partial charge in [-0.3, -0.25) is 14.5 Å². The van der Waals surface area contributed by atoms with Crippen molar-refractivity contribution in [3.8, 4) is 0 Å². The van der Waals surface area contributed by atoms with Crippen LogP contribution in [0, 0.1) is 0 Å². The highest BCUT2D eigenvalue weighted by molar-refractivity contribution is 6.01. The van der Waals surface area contributed by atoms with Crippen molar-refractivity contribution in [1.82, 2.24) is 24.8 Å². The zero-order valence-corrected chi connectivity index (χ0v) is 14.3. The van der Waals surface area contributed by atoms with Gasteiger partial charge in [0.1, 0.15) is 30.0 Å². The molecule has 3 amide bonds. The van der Waals surface area contributed by atoms with Gasteiger partial charge in [0.25, 0.3) is 11.8 Å². The molecule has 4 heterocycles. The van der Waals surface area contributed by atoms with E-state index in [1.54, 1.807) is 12.5 Å². The van der Waals surface area contributed by atoms with Gasteiger partial charge in [-0.15, -0.1) is 5.06 Å². The molecule has 0 bridgehead atoms. The van der Waals surface area contributed by atoms with Gasteiger partial charge in [-0.05, 0) is 0 Å². The third-order valence-electron chi connectivity index (χ3n) is 4.58. The highest BCUT2D eigenvalue weighted by Gasteiger charge is 2.36. The summed E-state index contributed by atoms with van der Waals surface area (Å²) in [6, 6.07) is -0.262. The van der Waals surface area contributed by atoms with Crippen LogP contribution < -0.4 is 0 Å². The summed E-state index contributed by atoms with van der Waals surface area (Å²) in [6.07, 6.45) is 5.21. The number of nitrogens with zero attached hydrogens (tertiary/aromatic N) is 5. The molecule has 11 nitrogen and oxygen atoms in total. The topological polar surface area (TPSA) is 122 Å². The number of oxazole rings is 2. The average Bonchev–Trinajstić information content (AvgIpc) is 3.43. The zero-order valence-electron chi connectivity index (χ0n) is 14.3. The Morgan fingerprint density at radius 3 is 2.00 bits per heavy atom. The minimum Gasteiger partial charge on any atom is -0.451 e. The Kier molecular flexibility index (Phi) is 4.59. The minimum absolute atomic E-state index is 0.0664. The van der Waals surface area contributed by atoms with Crippen LogP contribution in [0.25, 0.3) is 0 Å². The molecule has 0 spiro atoms. The summed E-state index contributed by atoms with van der Waals surface area (Å²) in [4.78, 5) is 52.3. The summed E-state index contributed by atoms with van der Waals surface area (Å²) >= 11 is 0. The number of hydrogen-bond acceptors (Lipinski definition) is 9. The molecule has 0 saturated carbocycles. The molecule has 2 aromatic heterocycles. The van der Waals surface area contributed by atoms with Gasteiger partial charge in [-0.1, -0.05) is 0 Å². The first-order valence-corrected chi connectivity index (χ1v) is 8.46. The first kappa shape index (κ1) is 17.2. The van der Waals surface area contributed by atoms with Crippen LogP contribution in [-0.2, 0) is 14.4 Å². The average molecular weight is 375 g/mol. The van der Waals surface area contributed by atoms with Crippen LogP contribution in [0.5, 0.6) is 0 Å². The van der Waals surface area contributed by atoms with Gasteiger partial charge < -0.3 is 18.6 Å². The summed E-state index contributed by atoms with van der Waals surface area (Å²) in [7, 11) is 0. The smallest absolute Gasteiger partial charge is 0.434 e. The summed E-state index contributed by atoms with van der Waals surface area (Å²) in [5.41, 5.74) is 1.38. The fourth-order valence-corrected chi connectivity index (χ4v) is 3.20. The largest absolute Gasteiger partial charge is 0.451 e. The first-order chi connectivity index (χ1) is 13.1. The molecule has 0 atom stereocenters. The number of hydroxylamine groups is 2. The SMILES string of the molecule is O=C(ON1C(=O)CCC1=O)N1CCN(C(c2cocn2)c2cocn2)CC1. The first-order valence-electron chi connectivity index (χ1n) is 8.46. The van der Waals surface area contributed by atoms with Crippen LogP contribution >= 0.6 is 0 Å². The Bertz CT molecular complexity index is 762.